The van der Waals surface area contributed by atoms with Gasteiger partial charge in [0.2, 0.25) is 0 Å². The van der Waals surface area contributed by atoms with Gasteiger partial charge in [0.05, 0.1) is 6.61 Å². The Morgan fingerprint density at radius 3 is 1.36 bits per heavy atom. The first-order valence-corrected chi connectivity index (χ1v) is 6.42. The second-order valence-corrected chi connectivity index (χ2v) is 3.83. The molecule has 0 heterocycles. The number of ether oxygens (including phenoxy) is 1. The van der Waals surface area contributed by atoms with Crippen molar-refractivity contribution in [1.82, 2.24) is 0 Å². The SMILES string of the molecule is CCCCCC(=O)OCC.O=C([O-])C(F)(F)F.O=C([O-])C(F)(F)F.[Ni+2]. The van der Waals surface area contributed by atoms with Crippen LogP contribution in [0.25, 0.3) is 0 Å². The summed E-state index contributed by atoms with van der Waals surface area (Å²) < 4.78 is 67.8. The summed E-state index contributed by atoms with van der Waals surface area (Å²) in [7, 11) is 0. The molecule has 0 amide bonds. The van der Waals surface area contributed by atoms with E-state index in [2.05, 4.69) is 6.92 Å². The van der Waals surface area contributed by atoms with Gasteiger partial charge in [0, 0.05) is 6.42 Å². The molecule has 13 heteroatoms. The number of hydrogen-bond acceptors (Lipinski definition) is 6. The average Bonchev–Trinajstić information content (AvgIpc) is 2.38. The first-order chi connectivity index (χ1) is 10.7. The number of unbranched alkanes of at least 4 members (excludes halogenated alkanes) is 2. The molecule has 0 rings (SSSR count). The fraction of sp³-hybridized carbons (Fsp3) is 0.750. The van der Waals surface area contributed by atoms with Gasteiger partial charge in [0.1, 0.15) is 11.9 Å². The maximum atomic E-state index is 10.7. The van der Waals surface area contributed by atoms with Crippen LogP contribution in [-0.4, -0.2) is 36.9 Å². The molecule has 0 aromatic rings. The first-order valence-electron chi connectivity index (χ1n) is 6.42. The third-order valence-corrected chi connectivity index (χ3v) is 1.75. The van der Waals surface area contributed by atoms with Crippen molar-refractivity contribution in [3.63, 3.8) is 0 Å². The van der Waals surface area contributed by atoms with Gasteiger partial charge < -0.3 is 24.5 Å². The Labute approximate surface area is 149 Å². The minimum Gasteiger partial charge on any atom is -0.542 e. The maximum Gasteiger partial charge on any atom is 2.00 e. The summed E-state index contributed by atoms with van der Waals surface area (Å²) in [6, 6.07) is 0. The molecule has 152 valence electrons. The molecule has 0 unspecified atom stereocenters. The first kappa shape index (κ1) is 31.3. The topological polar surface area (TPSA) is 107 Å². The molecule has 0 aliphatic heterocycles. The summed E-state index contributed by atoms with van der Waals surface area (Å²) >= 11 is 0. The standard InChI is InChI=1S/C8H16O2.2C2HF3O2.Ni/c1-3-5-6-7-8(9)10-4-2;2*3-2(4,5)1(6)7;/h3-7H2,1-2H3;2*(H,6,7);/q;;;+2/p-2. The summed E-state index contributed by atoms with van der Waals surface area (Å²) in [5.74, 6) is -6.07. The van der Waals surface area contributed by atoms with E-state index in [0.717, 1.165) is 19.3 Å². The van der Waals surface area contributed by atoms with E-state index in [9.17, 15) is 31.1 Å². The Bertz CT molecular complexity index is 359. The van der Waals surface area contributed by atoms with E-state index in [4.69, 9.17) is 24.5 Å². The number of halogens is 6. The summed E-state index contributed by atoms with van der Waals surface area (Å²) in [5, 5.41) is 17.6. The number of esters is 1. The van der Waals surface area contributed by atoms with Crippen molar-refractivity contribution in [3.05, 3.63) is 0 Å². The van der Waals surface area contributed by atoms with Crippen molar-refractivity contribution >= 4 is 17.9 Å². The van der Waals surface area contributed by atoms with E-state index >= 15 is 0 Å². The molecular formula is C12H16F6NiO6. The van der Waals surface area contributed by atoms with Gasteiger partial charge >= 0.3 is 34.8 Å². The summed E-state index contributed by atoms with van der Waals surface area (Å²) in [6.07, 6.45) is -6.56. The van der Waals surface area contributed by atoms with Crippen LogP contribution in [0.5, 0.6) is 0 Å². The third-order valence-electron chi connectivity index (χ3n) is 1.75. The normalized spacial score (nSPS) is 10.1. The molecule has 0 atom stereocenters. The number of carboxylic acids is 2. The number of carbonyl (C=O) groups excluding carboxylic acids is 3. The van der Waals surface area contributed by atoms with E-state index in [1.165, 1.54) is 0 Å². The zero-order valence-electron chi connectivity index (χ0n) is 13.1. The number of rotatable bonds is 5. The molecule has 0 radical (unpaired) electrons. The molecule has 25 heavy (non-hydrogen) atoms. The van der Waals surface area contributed by atoms with Crippen LogP contribution in [0.2, 0.25) is 0 Å². The van der Waals surface area contributed by atoms with Gasteiger partial charge in [-0.3, -0.25) is 4.79 Å². The van der Waals surface area contributed by atoms with Crippen molar-refractivity contribution in [2.24, 2.45) is 0 Å². The van der Waals surface area contributed by atoms with E-state index < -0.39 is 24.3 Å². The van der Waals surface area contributed by atoms with Crippen LogP contribution in [0.1, 0.15) is 39.5 Å². The number of aliphatic carboxylic acids is 2. The van der Waals surface area contributed by atoms with Gasteiger partial charge in [-0.25, -0.2) is 0 Å². The number of hydrogen-bond donors (Lipinski definition) is 0. The van der Waals surface area contributed by atoms with E-state index in [-0.39, 0.29) is 22.5 Å². The van der Waals surface area contributed by atoms with Gasteiger partial charge in [-0.05, 0) is 13.3 Å². The van der Waals surface area contributed by atoms with Crippen LogP contribution in [-0.2, 0) is 35.6 Å². The van der Waals surface area contributed by atoms with Crippen LogP contribution in [0.15, 0.2) is 0 Å². The fourth-order valence-corrected chi connectivity index (χ4v) is 0.752. The van der Waals surface area contributed by atoms with Crippen molar-refractivity contribution < 1.29 is 72.2 Å². The Morgan fingerprint density at radius 2 is 1.16 bits per heavy atom. The fourth-order valence-electron chi connectivity index (χ4n) is 0.752. The number of carboxylic acid groups (broad SMARTS) is 2. The Morgan fingerprint density at radius 1 is 0.840 bits per heavy atom. The van der Waals surface area contributed by atoms with Crippen molar-refractivity contribution in [2.45, 2.75) is 51.9 Å². The molecule has 0 aromatic heterocycles. The molecule has 0 saturated heterocycles. The molecule has 0 aliphatic rings. The molecule has 0 aliphatic carbocycles. The molecule has 0 fully saturated rings. The Balaban J connectivity index is -0.000000133. The Hall–Kier alpha value is -1.52. The van der Waals surface area contributed by atoms with Crippen LogP contribution >= 0.6 is 0 Å². The summed E-state index contributed by atoms with van der Waals surface area (Å²) in [6.45, 7) is 4.45. The molecule has 0 N–H and O–H groups in total. The molecular weight excluding hydrogens is 413 g/mol. The minimum atomic E-state index is -5.19. The van der Waals surface area contributed by atoms with Crippen molar-refractivity contribution in [2.75, 3.05) is 6.61 Å². The van der Waals surface area contributed by atoms with Gasteiger partial charge in [-0.2, -0.15) is 26.3 Å². The van der Waals surface area contributed by atoms with Crippen LogP contribution in [0.3, 0.4) is 0 Å². The molecule has 6 nitrogen and oxygen atoms in total. The average molecular weight is 429 g/mol. The summed E-state index contributed by atoms with van der Waals surface area (Å²) in [5.41, 5.74) is 0. The predicted molar refractivity (Wildman–Crippen MR) is 62.9 cm³/mol. The van der Waals surface area contributed by atoms with Crippen LogP contribution in [0.4, 0.5) is 26.3 Å². The number of alkyl halides is 6. The van der Waals surface area contributed by atoms with Gasteiger partial charge in [0.15, 0.2) is 0 Å². The monoisotopic (exact) mass is 428 g/mol. The van der Waals surface area contributed by atoms with E-state index in [1.54, 1.807) is 0 Å². The zero-order valence-corrected chi connectivity index (χ0v) is 14.1. The zero-order chi connectivity index (χ0) is 20.0. The van der Waals surface area contributed by atoms with Crippen molar-refractivity contribution in [3.8, 4) is 0 Å². The van der Waals surface area contributed by atoms with Crippen LogP contribution in [0, 0.1) is 0 Å². The van der Waals surface area contributed by atoms with Gasteiger partial charge in [-0.15, -0.1) is 0 Å². The maximum absolute atomic E-state index is 10.7. The predicted octanol–water partition coefficient (Wildman–Crippen LogP) is 0.724. The second-order valence-electron chi connectivity index (χ2n) is 3.83. The van der Waals surface area contributed by atoms with E-state index in [0.29, 0.717) is 13.0 Å². The second kappa shape index (κ2) is 16.0. The molecule has 0 bridgehead atoms. The third kappa shape index (κ3) is 27.6. The van der Waals surface area contributed by atoms with E-state index in [1.807, 2.05) is 6.92 Å². The molecule has 0 spiro atoms. The van der Waals surface area contributed by atoms with Crippen LogP contribution < -0.4 is 10.2 Å². The molecule has 0 aromatic carbocycles. The number of carbonyl (C=O) groups is 3. The quantitative estimate of drug-likeness (QED) is 0.276. The van der Waals surface area contributed by atoms with Gasteiger partial charge in [0.25, 0.3) is 0 Å². The minimum absolute atomic E-state index is 0. The van der Waals surface area contributed by atoms with Crippen molar-refractivity contribution in [1.29, 1.82) is 0 Å². The summed E-state index contributed by atoms with van der Waals surface area (Å²) in [4.78, 5) is 28.3. The largest absolute Gasteiger partial charge is 2.00 e. The molecule has 0 saturated carbocycles. The smallest absolute Gasteiger partial charge is 0.542 e. The van der Waals surface area contributed by atoms with Gasteiger partial charge in [-0.1, -0.05) is 19.8 Å². The Kier molecular flexibility index (Phi) is 20.0.